The fourth-order valence-corrected chi connectivity index (χ4v) is 3.25. The molecular formula is C22H25NO5. The molecule has 28 heavy (non-hydrogen) atoms. The summed E-state index contributed by atoms with van der Waals surface area (Å²) in [7, 11) is 1.40. The maximum atomic E-state index is 12.9. The van der Waals surface area contributed by atoms with Gasteiger partial charge in [0.05, 0.1) is 18.6 Å². The van der Waals surface area contributed by atoms with Crippen LogP contribution in [0.25, 0.3) is 0 Å². The number of hydrogen-bond acceptors (Lipinski definition) is 5. The van der Waals surface area contributed by atoms with Crippen molar-refractivity contribution >= 4 is 11.9 Å². The minimum absolute atomic E-state index is 0.0807. The molecule has 2 aromatic carbocycles. The van der Waals surface area contributed by atoms with E-state index < -0.39 is 0 Å². The van der Waals surface area contributed by atoms with Crippen LogP contribution in [0.1, 0.15) is 23.2 Å². The van der Waals surface area contributed by atoms with E-state index >= 15 is 0 Å². The van der Waals surface area contributed by atoms with Crippen LogP contribution in [0.2, 0.25) is 0 Å². The summed E-state index contributed by atoms with van der Waals surface area (Å²) in [4.78, 5) is 26.3. The molecule has 1 saturated heterocycles. The van der Waals surface area contributed by atoms with Crippen LogP contribution in [-0.2, 0) is 9.53 Å². The van der Waals surface area contributed by atoms with E-state index in [4.69, 9.17) is 14.2 Å². The molecule has 0 radical (unpaired) electrons. The van der Waals surface area contributed by atoms with Crippen molar-refractivity contribution in [3.05, 3.63) is 60.2 Å². The Morgan fingerprint density at radius 1 is 0.929 bits per heavy atom. The minimum Gasteiger partial charge on any atom is -0.490 e. The lowest BCUT2D eigenvalue weighted by Gasteiger charge is -2.31. The monoisotopic (exact) mass is 383 g/mol. The Hall–Kier alpha value is -3.02. The van der Waals surface area contributed by atoms with Gasteiger partial charge in [0.2, 0.25) is 0 Å². The highest BCUT2D eigenvalue weighted by Gasteiger charge is 2.29. The summed E-state index contributed by atoms with van der Waals surface area (Å²) in [5, 5.41) is 0. The quantitative estimate of drug-likeness (QED) is 0.543. The van der Waals surface area contributed by atoms with Gasteiger partial charge in [0.1, 0.15) is 24.7 Å². The number of carbonyl (C=O) groups excluding carboxylic acids is 2. The van der Waals surface area contributed by atoms with E-state index in [1.165, 1.54) is 7.11 Å². The third-order valence-electron chi connectivity index (χ3n) is 4.79. The maximum absolute atomic E-state index is 12.9. The van der Waals surface area contributed by atoms with Gasteiger partial charge in [-0.1, -0.05) is 30.3 Å². The molecule has 6 nitrogen and oxygen atoms in total. The van der Waals surface area contributed by atoms with E-state index in [1.54, 1.807) is 17.0 Å². The van der Waals surface area contributed by atoms with Gasteiger partial charge >= 0.3 is 5.97 Å². The van der Waals surface area contributed by atoms with Crippen molar-refractivity contribution in [1.82, 2.24) is 4.90 Å². The summed E-state index contributed by atoms with van der Waals surface area (Å²) in [5.74, 6) is 0.913. The molecule has 0 spiro atoms. The number of methoxy groups -OCH3 is 1. The van der Waals surface area contributed by atoms with Crippen LogP contribution in [0.4, 0.5) is 0 Å². The van der Waals surface area contributed by atoms with Crippen LogP contribution in [-0.4, -0.2) is 50.2 Å². The number of benzene rings is 2. The first-order valence-corrected chi connectivity index (χ1v) is 9.46. The maximum Gasteiger partial charge on any atom is 0.308 e. The molecule has 0 bridgehead atoms. The summed E-state index contributed by atoms with van der Waals surface area (Å²) < 4.78 is 16.2. The molecule has 1 amide bonds. The lowest BCUT2D eigenvalue weighted by Crippen LogP contribution is -2.40. The zero-order valence-electron chi connectivity index (χ0n) is 16.0. The highest BCUT2D eigenvalue weighted by molar-refractivity contribution is 5.97. The number of likely N-dealkylation sites (tertiary alicyclic amines) is 1. The van der Waals surface area contributed by atoms with Crippen LogP contribution in [0, 0.1) is 5.92 Å². The number of piperidine rings is 1. The van der Waals surface area contributed by atoms with E-state index in [0.29, 0.717) is 50.5 Å². The first-order chi connectivity index (χ1) is 13.7. The second kappa shape index (κ2) is 9.78. The molecule has 1 fully saturated rings. The van der Waals surface area contributed by atoms with Crippen LogP contribution < -0.4 is 9.47 Å². The van der Waals surface area contributed by atoms with E-state index in [0.717, 1.165) is 5.75 Å². The summed E-state index contributed by atoms with van der Waals surface area (Å²) in [6, 6.07) is 16.7. The number of esters is 1. The van der Waals surface area contributed by atoms with Gasteiger partial charge in [-0.2, -0.15) is 0 Å². The average molecular weight is 383 g/mol. The molecule has 1 heterocycles. The summed E-state index contributed by atoms with van der Waals surface area (Å²) >= 11 is 0. The highest BCUT2D eigenvalue weighted by Crippen LogP contribution is 2.24. The summed E-state index contributed by atoms with van der Waals surface area (Å²) in [5.41, 5.74) is 0.527. The van der Waals surface area contributed by atoms with Gasteiger partial charge in [-0.05, 0) is 37.1 Å². The van der Waals surface area contributed by atoms with Crippen molar-refractivity contribution in [3.63, 3.8) is 0 Å². The van der Waals surface area contributed by atoms with Crippen molar-refractivity contribution in [2.45, 2.75) is 12.8 Å². The van der Waals surface area contributed by atoms with Gasteiger partial charge < -0.3 is 19.1 Å². The van der Waals surface area contributed by atoms with Gasteiger partial charge in [0.25, 0.3) is 5.91 Å². The van der Waals surface area contributed by atoms with E-state index in [-0.39, 0.29) is 17.8 Å². The van der Waals surface area contributed by atoms with Crippen LogP contribution in [0.15, 0.2) is 54.6 Å². The molecule has 0 aliphatic carbocycles. The molecule has 0 saturated carbocycles. The Labute approximate surface area is 165 Å². The van der Waals surface area contributed by atoms with Crippen molar-refractivity contribution in [3.8, 4) is 11.5 Å². The predicted molar refractivity (Wildman–Crippen MR) is 105 cm³/mol. The molecule has 1 aliphatic heterocycles. The predicted octanol–water partition coefficient (Wildman–Crippen LogP) is 3.17. The van der Waals surface area contributed by atoms with E-state index in [1.807, 2.05) is 42.5 Å². The summed E-state index contributed by atoms with van der Waals surface area (Å²) in [6.45, 7) is 1.79. The number of hydrogen-bond donors (Lipinski definition) is 0. The lowest BCUT2D eigenvalue weighted by molar-refractivity contribution is -0.146. The fraction of sp³-hybridized carbons (Fsp3) is 0.364. The Balaban J connectivity index is 1.54. The first kappa shape index (κ1) is 19.7. The van der Waals surface area contributed by atoms with Gasteiger partial charge in [-0.3, -0.25) is 9.59 Å². The Morgan fingerprint density at radius 3 is 2.29 bits per heavy atom. The van der Waals surface area contributed by atoms with Gasteiger partial charge in [-0.15, -0.1) is 0 Å². The van der Waals surface area contributed by atoms with Gasteiger partial charge in [0, 0.05) is 13.1 Å². The molecule has 0 atom stereocenters. The molecule has 1 aliphatic rings. The normalized spacial score (nSPS) is 14.4. The number of carbonyl (C=O) groups is 2. The molecule has 2 aromatic rings. The van der Waals surface area contributed by atoms with Crippen molar-refractivity contribution in [2.75, 3.05) is 33.4 Å². The number of nitrogens with zero attached hydrogens (tertiary/aromatic N) is 1. The topological polar surface area (TPSA) is 65.1 Å². The second-order valence-electron chi connectivity index (χ2n) is 6.60. The molecule has 3 rings (SSSR count). The van der Waals surface area contributed by atoms with Gasteiger partial charge in [-0.25, -0.2) is 0 Å². The van der Waals surface area contributed by atoms with Crippen LogP contribution in [0.3, 0.4) is 0 Å². The largest absolute Gasteiger partial charge is 0.490 e. The molecule has 0 aromatic heterocycles. The summed E-state index contributed by atoms with van der Waals surface area (Å²) in [6.07, 6.45) is 1.23. The zero-order chi connectivity index (χ0) is 19.8. The first-order valence-electron chi connectivity index (χ1n) is 9.46. The smallest absolute Gasteiger partial charge is 0.308 e. The Morgan fingerprint density at radius 2 is 1.57 bits per heavy atom. The van der Waals surface area contributed by atoms with Gasteiger partial charge in [0.15, 0.2) is 0 Å². The number of para-hydroxylation sites is 2. The third kappa shape index (κ3) is 5.03. The minimum atomic E-state index is -0.200. The molecule has 148 valence electrons. The highest BCUT2D eigenvalue weighted by atomic mass is 16.5. The molecule has 0 N–H and O–H groups in total. The van der Waals surface area contributed by atoms with Crippen LogP contribution >= 0.6 is 0 Å². The SMILES string of the molecule is COC(=O)C1CCN(C(=O)c2ccccc2OCCOc2ccccc2)CC1. The third-order valence-corrected chi connectivity index (χ3v) is 4.79. The second-order valence-corrected chi connectivity index (χ2v) is 6.60. The van der Waals surface area contributed by atoms with Crippen molar-refractivity contribution in [2.24, 2.45) is 5.92 Å². The van der Waals surface area contributed by atoms with Crippen molar-refractivity contribution in [1.29, 1.82) is 0 Å². The standard InChI is InChI=1S/C22H25NO5/c1-26-22(25)17-11-13-23(14-12-17)21(24)19-9-5-6-10-20(19)28-16-15-27-18-7-3-2-4-8-18/h2-10,17H,11-16H2,1H3. The Bertz CT molecular complexity index is 785. The lowest BCUT2D eigenvalue weighted by atomic mass is 9.96. The fourth-order valence-electron chi connectivity index (χ4n) is 3.25. The molecular weight excluding hydrogens is 358 g/mol. The van der Waals surface area contributed by atoms with E-state index in [9.17, 15) is 9.59 Å². The van der Waals surface area contributed by atoms with Crippen LogP contribution in [0.5, 0.6) is 11.5 Å². The number of rotatable bonds is 7. The molecule has 0 unspecified atom stereocenters. The zero-order valence-corrected chi connectivity index (χ0v) is 16.0. The number of ether oxygens (including phenoxy) is 3. The average Bonchev–Trinajstić information content (AvgIpc) is 2.77. The number of amides is 1. The van der Waals surface area contributed by atoms with Crippen molar-refractivity contribution < 1.29 is 23.8 Å². The molecule has 6 heteroatoms. The van der Waals surface area contributed by atoms with E-state index in [2.05, 4.69) is 0 Å². The Kier molecular flexibility index (Phi) is 6.89.